The van der Waals surface area contributed by atoms with Gasteiger partial charge >= 0.3 is 0 Å². The van der Waals surface area contributed by atoms with Gasteiger partial charge in [-0.1, -0.05) is 18.2 Å². The third-order valence-electron chi connectivity index (χ3n) is 4.78. The molecule has 1 aliphatic heterocycles. The Morgan fingerprint density at radius 3 is 3.04 bits per heavy atom. The summed E-state index contributed by atoms with van der Waals surface area (Å²) in [4.78, 5) is 8.80. The zero-order chi connectivity index (χ0) is 16.4. The summed E-state index contributed by atoms with van der Waals surface area (Å²) in [6.07, 6.45) is 4.04. The highest BCUT2D eigenvalue weighted by Gasteiger charge is 2.17. The topological polar surface area (TPSA) is 63.0 Å². The molecule has 4 rings (SSSR count). The summed E-state index contributed by atoms with van der Waals surface area (Å²) in [5.74, 6) is 2.29. The van der Waals surface area contributed by atoms with Crippen molar-refractivity contribution in [3.8, 4) is 0 Å². The Bertz CT molecular complexity index is 836. The van der Waals surface area contributed by atoms with Crippen molar-refractivity contribution < 1.29 is 4.42 Å². The van der Waals surface area contributed by atoms with E-state index in [1.165, 1.54) is 23.8 Å². The number of piperidine rings is 1. The maximum atomic E-state index is 5.95. The number of aromatic nitrogens is 2. The molecule has 3 aromatic rings. The van der Waals surface area contributed by atoms with E-state index in [1.807, 2.05) is 18.2 Å². The third kappa shape index (κ3) is 2.99. The Kier molecular flexibility index (Phi) is 4.17. The number of para-hydroxylation sites is 1. The van der Waals surface area contributed by atoms with Crippen LogP contribution in [0, 0.1) is 6.92 Å². The van der Waals surface area contributed by atoms with Crippen molar-refractivity contribution in [2.75, 3.05) is 18.4 Å². The average molecular weight is 322 g/mol. The first-order valence-electron chi connectivity index (χ1n) is 8.55. The first kappa shape index (κ1) is 15.1. The molecule has 0 saturated carbocycles. The minimum Gasteiger partial charge on any atom is -0.459 e. The van der Waals surface area contributed by atoms with Gasteiger partial charge in [0.2, 0.25) is 0 Å². The van der Waals surface area contributed by atoms with Gasteiger partial charge in [-0.25, -0.2) is 9.97 Å². The highest BCUT2D eigenvalue weighted by atomic mass is 16.3. The highest BCUT2D eigenvalue weighted by molar-refractivity contribution is 5.81. The Balaban J connectivity index is 1.49. The van der Waals surface area contributed by atoms with Gasteiger partial charge in [0, 0.05) is 29.5 Å². The first-order chi connectivity index (χ1) is 11.8. The Morgan fingerprint density at radius 2 is 2.21 bits per heavy atom. The van der Waals surface area contributed by atoms with Gasteiger partial charge in [0.15, 0.2) is 0 Å². The lowest BCUT2D eigenvalue weighted by Crippen LogP contribution is -2.28. The molecule has 1 aliphatic rings. The lowest BCUT2D eigenvalue weighted by atomic mass is 9.96. The number of nitrogens with one attached hydrogen (secondary N) is 2. The van der Waals surface area contributed by atoms with E-state index in [4.69, 9.17) is 4.42 Å². The molecule has 0 spiro atoms. The molecule has 0 bridgehead atoms. The van der Waals surface area contributed by atoms with Crippen LogP contribution < -0.4 is 10.6 Å². The lowest BCUT2D eigenvalue weighted by Gasteiger charge is -2.22. The fourth-order valence-corrected chi connectivity index (χ4v) is 3.36. The first-order valence-corrected chi connectivity index (χ1v) is 8.55. The summed E-state index contributed by atoms with van der Waals surface area (Å²) in [6.45, 7) is 4.83. The Labute approximate surface area is 141 Å². The van der Waals surface area contributed by atoms with E-state index >= 15 is 0 Å². The number of rotatable bonds is 4. The van der Waals surface area contributed by atoms with E-state index in [9.17, 15) is 0 Å². The van der Waals surface area contributed by atoms with E-state index in [0.29, 0.717) is 12.5 Å². The molecule has 5 nitrogen and oxygen atoms in total. The van der Waals surface area contributed by atoms with Gasteiger partial charge in [0.25, 0.3) is 0 Å². The molecule has 1 saturated heterocycles. The van der Waals surface area contributed by atoms with Crippen LogP contribution >= 0.6 is 0 Å². The summed E-state index contributed by atoms with van der Waals surface area (Å²) in [7, 11) is 0. The molecule has 5 heteroatoms. The molecule has 2 N–H and O–H groups in total. The second-order valence-corrected chi connectivity index (χ2v) is 6.37. The molecule has 24 heavy (non-hydrogen) atoms. The number of hydrogen-bond acceptors (Lipinski definition) is 5. The minimum atomic E-state index is 0.482. The Hall–Kier alpha value is -2.40. The zero-order valence-corrected chi connectivity index (χ0v) is 13.9. The monoisotopic (exact) mass is 322 g/mol. The summed E-state index contributed by atoms with van der Waals surface area (Å²) in [5.41, 5.74) is 3.23. The quantitative estimate of drug-likeness (QED) is 0.768. The van der Waals surface area contributed by atoms with Crippen LogP contribution in [0.4, 0.5) is 5.82 Å². The van der Waals surface area contributed by atoms with Crippen molar-refractivity contribution in [1.82, 2.24) is 15.3 Å². The second kappa shape index (κ2) is 6.61. The molecular formula is C19H22N4O. The Morgan fingerprint density at radius 1 is 1.29 bits per heavy atom. The van der Waals surface area contributed by atoms with Gasteiger partial charge in [0.1, 0.15) is 23.5 Å². The fraction of sp³-hybridized carbons (Fsp3) is 0.368. The lowest BCUT2D eigenvalue weighted by molar-refractivity contribution is 0.454. The number of benzene rings is 1. The van der Waals surface area contributed by atoms with E-state index in [2.05, 4.69) is 39.7 Å². The summed E-state index contributed by atoms with van der Waals surface area (Å²) >= 11 is 0. The summed E-state index contributed by atoms with van der Waals surface area (Å²) in [5, 5.41) is 7.99. The molecular weight excluding hydrogens is 300 g/mol. The number of nitrogens with zero attached hydrogens (tertiary/aromatic N) is 2. The molecule has 0 amide bonds. The maximum Gasteiger partial charge on any atom is 0.134 e. The normalized spacial score (nSPS) is 18.0. The predicted molar refractivity (Wildman–Crippen MR) is 95.2 cm³/mol. The van der Waals surface area contributed by atoms with E-state index in [0.717, 1.165) is 35.9 Å². The van der Waals surface area contributed by atoms with Crippen molar-refractivity contribution >= 4 is 16.8 Å². The van der Waals surface area contributed by atoms with Crippen molar-refractivity contribution in [2.45, 2.75) is 32.2 Å². The molecule has 124 valence electrons. The van der Waals surface area contributed by atoms with Crippen molar-refractivity contribution in [3.63, 3.8) is 0 Å². The van der Waals surface area contributed by atoms with Crippen molar-refractivity contribution in [2.24, 2.45) is 0 Å². The minimum absolute atomic E-state index is 0.482. The number of anilines is 1. The molecule has 2 aromatic heterocycles. The molecule has 0 radical (unpaired) electrons. The number of furan rings is 1. The number of fused-ring (bicyclic) bond motifs is 1. The van der Waals surface area contributed by atoms with Crippen LogP contribution in [0.25, 0.3) is 11.0 Å². The second-order valence-electron chi connectivity index (χ2n) is 6.37. The molecule has 1 aromatic carbocycles. The average Bonchev–Trinajstić information content (AvgIpc) is 2.97. The van der Waals surface area contributed by atoms with Crippen LogP contribution in [0.1, 0.15) is 35.8 Å². The molecule has 1 fully saturated rings. The van der Waals surface area contributed by atoms with Gasteiger partial charge in [-0.05, 0) is 32.4 Å². The van der Waals surface area contributed by atoms with Gasteiger partial charge in [-0.2, -0.15) is 0 Å². The fourth-order valence-electron chi connectivity index (χ4n) is 3.36. The van der Waals surface area contributed by atoms with Gasteiger partial charge in [-0.3, -0.25) is 0 Å². The molecule has 3 heterocycles. The van der Waals surface area contributed by atoms with Crippen LogP contribution in [-0.4, -0.2) is 23.1 Å². The predicted octanol–water partition coefficient (Wildman–Crippen LogP) is 3.61. The van der Waals surface area contributed by atoms with Gasteiger partial charge in [0.05, 0.1) is 12.2 Å². The number of hydrogen-bond donors (Lipinski definition) is 2. The maximum absolute atomic E-state index is 5.95. The van der Waals surface area contributed by atoms with Crippen LogP contribution in [0.5, 0.6) is 0 Å². The smallest absolute Gasteiger partial charge is 0.134 e. The van der Waals surface area contributed by atoms with E-state index in [-0.39, 0.29) is 0 Å². The summed E-state index contributed by atoms with van der Waals surface area (Å²) < 4.78 is 5.95. The molecule has 0 aliphatic carbocycles. The van der Waals surface area contributed by atoms with Gasteiger partial charge in [-0.15, -0.1) is 0 Å². The highest BCUT2D eigenvalue weighted by Crippen LogP contribution is 2.26. The van der Waals surface area contributed by atoms with Crippen LogP contribution in [0.3, 0.4) is 0 Å². The zero-order valence-electron chi connectivity index (χ0n) is 13.9. The van der Waals surface area contributed by atoms with E-state index in [1.54, 1.807) is 6.33 Å². The van der Waals surface area contributed by atoms with Crippen LogP contribution in [-0.2, 0) is 6.54 Å². The van der Waals surface area contributed by atoms with Crippen LogP contribution in [0.15, 0.2) is 41.1 Å². The summed E-state index contributed by atoms with van der Waals surface area (Å²) in [6, 6.07) is 10.2. The standard InChI is InChI=1S/C19H22N4O/c1-13-15-6-2-3-7-17(15)24-18(13)11-21-19-9-16(22-12-23-19)14-5-4-8-20-10-14/h2-3,6-7,9,12,14,20H,4-5,8,10-11H2,1H3,(H,21,22,23). The van der Waals surface area contributed by atoms with Crippen molar-refractivity contribution in [1.29, 1.82) is 0 Å². The van der Waals surface area contributed by atoms with Gasteiger partial charge < -0.3 is 15.1 Å². The third-order valence-corrected chi connectivity index (χ3v) is 4.78. The molecule has 1 atom stereocenters. The van der Waals surface area contributed by atoms with E-state index < -0.39 is 0 Å². The SMILES string of the molecule is Cc1c(CNc2cc(C3CCCNC3)ncn2)oc2ccccc12. The number of aryl methyl sites for hydroxylation is 1. The van der Waals surface area contributed by atoms with Crippen LogP contribution in [0.2, 0.25) is 0 Å². The largest absolute Gasteiger partial charge is 0.459 e. The molecule has 1 unspecified atom stereocenters. The van der Waals surface area contributed by atoms with Crippen molar-refractivity contribution in [3.05, 3.63) is 53.7 Å².